The Bertz CT molecular complexity index is 2530. The summed E-state index contributed by atoms with van der Waals surface area (Å²) in [6, 6.07) is 69.3. The van der Waals surface area contributed by atoms with Gasteiger partial charge in [0.25, 0.3) is 0 Å². The molecule has 0 bridgehead atoms. The zero-order valence-electron chi connectivity index (χ0n) is 27.9. The maximum atomic E-state index is 4.51. The Kier molecular flexibility index (Phi) is 6.83. The van der Waals surface area contributed by atoms with E-state index in [0.29, 0.717) is 0 Å². The molecule has 0 atom stereocenters. The van der Waals surface area contributed by atoms with Crippen LogP contribution in [0.2, 0.25) is 0 Å². The average molecular weight is 668 g/mol. The first kappa shape index (κ1) is 29.4. The number of para-hydroxylation sites is 3. The van der Waals surface area contributed by atoms with Crippen LogP contribution in [0.3, 0.4) is 0 Å². The number of fused-ring (bicyclic) bond motifs is 6. The standard InChI is InChI=1S/C47H33N3Si/c1-3-13-36(14-4-1)51(37-15-5-2-6-16-37,38-27-23-34(24-28-38)49-44-20-10-7-17-40(44)41-18-8-11-21-45(41)49)39-29-25-35(26-30-39)50-46-22-12-9-19-42(46)43-31-32-48-33-47(43)50/h1-33H. The Balaban J connectivity index is 1.19. The number of pyridine rings is 1. The van der Waals surface area contributed by atoms with E-state index in [2.05, 4.69) is 202 Å². The van der Waals surface area contributed by atoms with Crippen molar-refractivity contribution < 1.29 is 0 Å². The first-order chi connectivity index (χ1) is 25.3. The molecule has 0 saturated carbocycles. The molecule has 0 amide bonds. The van der Waals surface area contributed by atoms with Crippen molar-refractivity contribution in [1.82, 2.24) is 14.1 Å². The third kappa shape index (κ3) is 4.47. The van der Waals surface area contributed by atoms with Gasteiger partial charge in [-0.2, -0.15) is 0 Å². The summed E-state index contributed by atoms with van der Waals surface area (Å²) in [5, 5.41) is 10.4. The van der Waals surface area contributed by atoms with Crippen molar-refractivity contribution in [3.63, 3.8) is 0 Å². The van der Waals surface area contributed by atoms with Gasteiger partial charge in [0.05, 0.1) is 28.3 Å². The van der Waals surface area contributed by atoms with Gasteiger partial charge in [0, 0.05) is 39.1 Å². The SMILES string of the molecule is c1ccc([Si](c2ccccc2)(c2ccc(-n3c4ccccc4c4ccccc43)cc2)c2ccc(-n3c4ccccc4c4ccncc43)cc2)cc1. The third-order valence-corrected chi connectivity index (χ3v) is 15.4. The van der Waals surface area contributed by atoms with E-state index >= 15 is 0 Å². The quantitative estimate of drug-likeness (QED) is 0.129. The van der Waals surface area contributed by atoms with Crippen LogP contribution in [-0.4, -0.2) is 22.2 Å². The van der Waals surface area contributed by atoms with Crippen LogP contribution >= 0.6 is 0 Å². The predicted octanol–water partition coefficient (Wildman–Crippen LogP) is 8.65. The lowest BCUT2D eigenvalue weighted by Gasteiger charge is -2.34. The average Bonchev–Trinajstić information content (AvgIpc) is 3.73. The maximum Gasteiger partial charge on any atom is 0.179 e. The molecule has 0 saturated heterocycles. The minimum absolute atomic E-state index is 1.11. The van der Waals surface area contributed by atoms with Crippen LogP contribution in [0.4, 0.5) is 0 Å². The van der Waals surface area contributed by atoms with Crippen LogP contribution in [0.25, 0.3) is 55.0 Å². The van der Waals surface area contributed by atoms with E-state index in [0.717, 1.165) is 16.9 Å². The molecule has 3 heterocycles. The van der Waals surface area contributed by atoms with E-state index in [4.69, 9.17) is 0 Å². The van der Waals surface area contributed by atoms with Crippen LogP contribution in [0, 0.1) is 0 Å². The molecule has 10 rings (SSSR count). The van der Waals surface area contributed by atoms with Crippen molar-refractivity contribution in [2.24, 2.45) is 0 Å². The lowest BCUT2D eigenvalue weighted by Crippen LogP contribution is -2.74. The fraction of sp³-hybridized carbons (Fsp3) is 0. The lowest BCUT2D eigenvalue weighted by atomic mass is 10.2. The molecule has 3 nitrogen and oxygen atoms in total. The molecule has 3 aromatic heterocycles. The monoisotopic (exact) mass is 667 g/mol. The maximum absolute atomic E-state index is 4.51. The van der Waals surface area contributed by atoms with Gasteiger partial charge in [-0.15, -0.1) is 0 Å². The molecule has 0 aliphatic carbocycles. The largest absolute Gasteiger partial charge is 0.309 e. The predicted molar refractivity (Wildman–Crippen MR) is 217 cm³/mol. The van der Waals surface area contributed by atoms with E-state index in [1.165, 1.54) is 58.8 Å². The van der Waals surface area contributed by atoms with Gasteiger partial charge >= 0.3 is 0 Å². The first-order valence-corrected chi connectivity index (χ1v) is 19.5. The van der Waals surface area contributed by atoms with Gasteiger partial charge in [-0.25, -0.2) is 0 Å². The zero-order chi connectivity index (χ0) is 33.8. The van der Waals surface area contributed by atoms with Crippen LogP contribution in [0.15, 0.2) is 200 Å². The Morgan fingerprint density at radius 1 is 0.314 bits per heavy atom. The van der Waals surface area contributed by atoms with Crippen molar-refractivity contribution in [3.05, 3.63) is 200 Å². The summed E-state index contributed by atoms with van der Waals surface area (Å²) in [6.45, 7) is 0. The molecule has 0 spiro atoms. The number of hydrogen-bond donors (Lipinski definition) is 0. The van der Waals surface area contributed by atoms with Gasteiger partial charge in [-0.1, -0.05) is 140 Å². The van der Waals surface area contributed by atoms with Gasteiger partial charge in [0.2, 0.25) is 0 Å². The molecule has 10 aromatic rings. The topological polar surface area (TPSA) is 22.8 Å². The molecule has 7 aromatic carbocycles. The van der Waals surface area contributed by atoms with Crippen LogP contribution in [0.5, 0.6) is 0 Å². The fourth-order valence-corrected chi connectivity index (χ4v) is 13.1. The van der Waals surface area contributed by atoms with E-state index in [1.54, 1.807) is 0 Å². The van der Waals surface area contributed by atoms with Gasteiger partial charge in [-0.3, -0.25) is 4.98 Å². The third-order valence-electron chi connectivity index (χ3n) is 10.6. The Labute approximate surface area is 297 Å². The Hall–Kier alpha value is -6.49. The van der Waals surface area contributed by atoms with E-state index in [9.17, 15) is 0 Å². The summed E-state index contributed by atoms with van der Waals surface area (Å²) in [5.74, 6) is 0. The number of benzene rings is 7. The second-order valence-corrected chi connectivity index (χ2v) is 17.0. The summed E-state index contributed by atoms with van der Waals surface area (Å²) in [4.78, 5) is 4.51. The highest BCUT2D eigenvalue weighted by Crippen LogP contribution is 2.33. The minimum atomic E-state index is -2.76. The van der Waals surface area contributed by atoms with E-state index < -0.39 is 8.07 Å². The highest BCUT2D eigenvalue weighted by atomic mass is 28.3. The van der Waals surface area contributed by atoms with Gasteiger partial charge in [0.1, 0.15) is 0 Å². The number of rotatable bonds is 6. The molecular formula is C47H33N3Si. The molecule has 0 unspecified atom stereocenters. The summed E-state index contributed by atoms with van der Waals surface area (Å²) in [5.41, 5.74) is 7.03. The Morgan fingerprint density at radius 3 is 1.12 bits per heavy atom. The van der Waals surface area contributed by atoms with Crippen LogP contribution in [0.1, 0.15) is 0 Å². The number of aromatic nitrogens is 3. The molecule has 51 heavy (non-hydrogen) atoms. The van der Waals surface area contributed by atoms with E-state index in [-0.39, 0.29) is 0 Å². The van der Waals surface area contributed by atoms with Crippen LogP contribution < -0.4 is 20.7 Å². The van der Waals surface area contributed by atoms with Crippen molar-refractivity contribution in [3.8, 4) is 11.4 Å². The lowest BCUT2D eigenvalue weighted by molar-refractivity contribution is 1.17. The summed E-state index contributed by atoms with van der Waals surface area (Å²) < 4.78 is 4.74. The number of hydrogen-bond acceptors (Lipinski definition) is 1. The smallest absolute Gasteiger partial charge is 0.179 e. The van der Waals surface area contributed by atoms with E-state index in [1.807, 2.05) is 12.4 Å². The fourth-order valence-electron chi connectivity index (χ4n) is 8.39. The normalized spacial score (nSPS) is 11.9. The Morgan fingerprint density at radius 2 is 0.667 bits per heavy atom. The van der Waals surface area contributed by atoms with Crippen molar-refractivity contribution in [1.29, 1.82) is 0 Å². The second-order valence-electron chi connectivity index (χ2n) is 13.2. The summed E-state index contributed by atoms with van der Waals surface area (Å²) in [6.07, 6.45) is 3.86. The molecule has 4 heteroatoms. The second kappa shape index (κ2) is 11.8. The van der Waals surface area contributed by atoms with Crippen molar-refractivity contribution in [2.75, 3.05) is 0 Å². The molecule has 0 radical (unpaired) electrons. The molecule has 0 N–H and O–H groups in total. The summed E-state index contributed by atoms with van der Waals surface area (Å²) >= 11 is 0. The molecule has 0 aliphatic heterocycles. The number of nitrogens with zero attached hydrogens (tertiary/aromatic N) is 3. The van der Waals surface area contributed by atoms with Crippen molar-refractivity contribution in [2.45, 2.75) is 0 Å². The van der Waals surface area contributed by atoms with Crippen LogP contribution in [-0.2, 0) is 0 Å². The first-order valence-electron chi connectivity index (χ1n) is 17.5. The van der Waals surface area contributed by atoms with Crippen molar-refractivity contribution >= 4 is 72.4 Å². The highest BCUT2D eigenvalue weighted by molar-refractivity contribution is 7.19. The molecule has 0 fully saturated rings. The van der Waals surface area contributed by atoms with Gasteiger partial charge in [0.15, 0.2) is 8.07 Å². The van der Waals surface area contributed by atoms with Gasteiger partial charge < -0.3 is 9.13 Å². The molecular weight excluding hydrogens is 635 g/mol. The van der Waals surface area contributed by atoms with Gasteiger partial charge in [-0.05, 0) is 69.3 Å². The molecule has 240 valence electrons. The highest BCUT2D eigenvalue weighted by Gasteiger charge is 2.41. The zero-order valence-corrected chi connectivity index (χ0v) is 28.9. The molecule has 0 aliphatic rings. The minimum Gasteiger partial charge on any atom is -0.309 e. The summed E-state index contributed by atoms with van der Waals surface area (Å²) in [7, 11) is -2.76.